The Morgan fingerprint density at radius 2 is 2.25 bits per heavy atom. The number of nitrogens with one attached hydrogen (secondary N) is 1. The molecule has 1 atom stereocenters. The first-order valence-corrected chi connectivity index (χ1v) is 8.55. The van der Waals surface area contributed by atoms with Crippen LogP contribution in [0.1, 0.15) is 31.2 Å². The van der Waals surface area contributed by atoms with Gasteiger partial charge in [-0.1, -0.05) is 24.1 Å². The van der Waals surface area contributed by atoms with Crippen molar-refractivity contribution < 1.29 is 9.53 Å². The minimum Gasteiger partial charge on any atom is -0.497 e. The number of likely N-dealkylation sites (tertiary alicyclic amines) is 1. The molecule has 7 heteroatoms. The van der Waals surface area contributed by atoms with Crippen LogP contribution in [0.3, 0.4) is 0 Å². The lowest BCUT2D eigenvalue weighted by Crippen LogP contribution is -2.46. The van der Waals surface area contributed by atoms with Gasteiger partial charge in [0.25, 0.3) is 0 Å². The maximum Gasteiger partial charge on any atom is 0.221 e. The molecule has 1 aromatic rings. The second-order valence-corrected chi connectivity index (χ2v) is 6.33. The Balaban J connectivity index is 0.00000288. The van der Waals surface area contributed by atoms with E-state index in [-0.39, 0.29) is 18.3 Å². The van der Waals surface area contributed by atoms with Gasteiger partial charge in [-0.25, -0.2) is 0 Å². The average Bonchev–Trinajstić information content (AvgIpc) is 2.56. The third kappa shape index (κ3) is 6.13. The van der Waals surface area contributed by atoms with E-state index in [0.29, 0.717) is 25.6 Å². The first-order chi connectivity index (χ1) is 11.1. The van der Waals surface area contributed by atoms with Crippen LogP contribution in [0.4, 0.5) is 0 Å². The molecule has 1 aliphatic rings. The summed E-state index contributed by atoms with van der Waals surface area (Å²) in [4.78, 5) is 14.0. The highest BCUT2D eigenvalue weighted by molar-refractivity contribution is 6.31. The number of ether oxygens (including phenoxy) is 1. The maximum absolute atomic E-state index is 11.6. The smallest absolute Gasteiger partial charge is 0.221 e. The molecule has 0 spiro atoms. The highest BCUT2D eigenvalue weighted by atomic mass is 35.5. The number of methoxy groups -OCH3 is 1. The molecule has 1 heterocycles. The van der Waals surface area contributed by atoms with Gasteiger partial charge < -0.3 is 15.8 Å². The number of carbonyl (C=O) groups excluding carboxylic acids is 1. The van der Waals surface area contributed by atoms with Crippen molar-refractivity contribution in [2.24, 2.45) is 5.73 Å². The third-order valence-corrected chi connectivity index (χ3v) is 4.64. The van der Waals surface area contributed by atoms with Gasteiger partial charge in [0.1, 0.15) is 5.75 Å². The van der Waals surface area contributed by atoms with E-state index in [0.717, 1.165) is 35.8 Å². The number of carbonyl (C=O) groups is 1. The number of halogens is 2. The summed E-state index contributed by atoms with van der Waals surface area (Å²) in [5.74, 6) is 0.795. The van der Waals surface area contributed by atoms with E-state index in [9.17, 15) is 4.79 Å². The van der Waals surface area contributed by atoms with E-state index in [1.165, 1.54) is 12.8 Å². The molecule has 5 nitrogen and oxygen atoms in total. The summed E-state index contributed by atoms with van der Waals surface area (Å²) in [5, 5.41) is 3.71. The lowest BCUT2D eigenvalue weighted by atomic mass is 10.0. The number of hydrogen-bond donors (Lipinski definition) is 2. The summed E-state index contributed by atoms with van der Waals surface area (Å²) < 4.78 is 5.19. The van der Waals surface area contributed by atoms with Gasteiger partial charge in [0.15, 0.2) is 0 Å². The molecule has 2 rings (SSSR count). The van der Waals surface area contributed by atoms with Crippen LogP contribution < -0.4 is 15.8 Å². The Bertz CT molecular complexity index is 529. The molecular weight excluding hydrogens is 349 g/mol. The van der Waals surface area contributed by atoms with Crippen LogP contribution in [-0.4, -0.2) is 43.6 Å². The predicted molar refractivity (Wildman–Crippen MR) is 100.0 cm³/mol. The van der Waals surface area contributed by atoms with E-state index in [2.05, 4.69) is 10.2 Å². The normalized spacial score (nSPS) is 17.9. The van der Waals surface area contributed by atoms with Gasteiger partial charge >= 0.3 is 0 Å². The maximum atomic E-state index is 11.6. The lowest BCUT2D eigenvalue weighted by Gasteiger charge is -2.36. The number of benzene rings is 1. The van der Waals surface area contributed by atoms with Crippen molar-refractivity contribution in [1.29, 1.82) is 0 Å². The predicted octanol–water partition coefficient (Wildman–Crippen LogP) is 2.59. The average molecular weight is 376 g/mol. The Hall–Kier alpha value is -1.01. The number of rotatable bonds is 7. The molecule has 0 radical (unpaired) electrons. The molecule has 136 valence electrons. The molecule has 1 saturated heterocycles. The molecule has 0 aromatic heterocycles. The summed E-state index contributed by atoms with van der Waals surface area (Å²) in [7, 11) is 1.63. The number of hydrogen-bond acceptors (Lipinski definition) is 4. The number of nitrogens with two attached hydrogens (primary N) is 1. The zero-order valence-corrected chi connectivity index (χ0v) is 15.7. The van der Waals surface area contributed by atoms with Gasteiger partial charge in [0, 0.05) is 37.1 Å². The van der Waals surface area contributed by atoms with Gasteiger partial charge in [-0.2, -0.15) is 0 Å². The molecule has 0 saturated carbocycles. The molecule has 1 amide bonds. The molecule has 1 fully saturated rings. The lowest BCUT2D eigenvalue weighted by molar-refractivity contribution is -0.121. The Morgan fingerprint density at radius 3 is 2.92 bits per heavy atom. The van der Waals surface area contributed by atoms with E-state index in [4.69, 9.17) is 22.1 Å². The molecular formula is C17H27Cl2N3O2. The standard InChI is InChI=1S/C17H26ClN3O2.ClH/c1-23-15-6-5-13(16(18)10-15)12-21-9-3-2-4-14(21)11-20-17(22)7-8-19;/h5-6,10,14H,2-4,7-9,11-12,19H2,1H3,(H,20,22);1H. The molecule has 1 aliphatic heterocycles. The molecule has 0 bridgehead atoms. The van der Waals surface area contributed by atoms with Crippen molar-refractivity contribution in [2.45, 2.75) is 38.3 Å². The summed E-state index contributed by atoms with van der Waals surface area (Å²) >= 11 is 6.35. The van der Waals surface area contributed by atoms with Crippen molar-refractivity contribution in [3.05, 3.63) is 28.8 Å². The second-order valence-electron chi connectivity index (χ2n) is 5.92. The minimum absolute atomic E-state index is 0. The highest BCUT2D eigenvalue weighted by Crippen LogP contribution is 2.26. The largest absolute Gasteiger partial charge is 0.497 e. The SMILES string of the molecule is COc1ccc(CN2CCCCC2CNC(=O)CCN)c(Cl)c1.Cl. The first kappa shape index (κ1) is 21.0. The van der Waals surface area contributed by atoms with Crippen molar-refractivity contribution in [2.75, 3.05) is 26.7 Å². The van der Waals surface area contributed by atoms with Crippen molar-refractivity contribution >= 4 is 29.9 Å². The van der Waals surface area contributed by atoms with Gasteiger partial charge in [-0.15, -0.1) is 12.4 Å². The fourth-order valence-corrected chi connectivity index (χ4v) is 3.18. The zero-order valence-electron chi connectivity index (χ0n) is 14.1. The van der Waals surface area contributed by atoms with Crippen LogP contribution in [-0.2, 0) is 11.3 Å². The Labute approximate surface area is 155 Å². The van der Waals surface area contributed by atoms with Gasteiger partial charge in [-0.3, -0.25) is 9.69 Å². The van der Waals surface area contributed by atoms with Gasteiger partial charge in [0.05, 0.1) is 7.11 Å². The third-order valence-electron chi connectivity index (χ3n) is 4.29. The minimum atomic E-state index is 0. The van der Waals surface area contributed by atoms with Crippen molar-refractivity contribution in [3.8, 4) is 5.75 Å². The van der Waals surface area contributed by atoms with E-state index < -0.39 is 0 Å². The molecule has 24 heavy (non-hydrogen) atoms. The van der Waals surface area contributed by atoms with Crippen LogP contribution in [0, 0.1) is 0 Å². The Kier molecular flexibility index (Phi) is 9.44. The van der Waals surface area contributed by atoms with Crippen LogP contribution in [0.25, 0.3) is 0 Å². The number of amides is 1. The molecule has 1 aromatic carbocycles. The summed E-state index contributed by atoms with van der Waals surface area (Å²) in [6.45, 7) is 2.88. The Morgan fingerprint density at radius 1 is 1.46 bits per heavy atom. The monoisotopic (exact) mass is 375 g/mol. The number of nitrogens with zero attached hydrogens (tertiary/aromatic N) is 1. The van der Waals surface area contributed by atoms with Crippen molar-refractivity contribution in [1.82, 2.24) is 10.2 Å². The summed E-state index contributed by atoms with van der Waals surface area (Å²) in [6, 6.07) is 6.14. The van der Waals surface area contributed by atoms with Crippen LogP contribution in [0.2, 0.25) is 5.02 Å². The van der Waals surface area contributed by atoms with E-state index in [1.807, 2.05) is 18.2 Å². The molecule has 0 aliphatic carbocycles. The highest BCUT2D eigenvalue weighted by Gasteiger charge is 2.23. The summed E-state index contributed by atoms with van der Waals surface area (Å²) in [6.07, 6.45) is 3.86. The van der Waals surface area contributed by atoms with Crippen LogP contribution in [0.15, 0.2) is 18.2 Å². The number of piperidine rings is 1. The van der Waals surface area contributed by atoms with Gasteiger partial charge in [-0.05, 0) is 37.1 Å². The molecule has 1 unspecified atom stereocenters. The van der Waals surface area contributed by atoms with Crippen LogP contribution in [0.5, 0.6) is 5.75 Å². The van der Waals surface area contributed by atoms with E-state index in [1.54, 1.807) is 7.11 Å². The van der Waals surface area contributed by atoms with Crippen molar-refractivity contribution in [3.63, 3.8) is 0 Å². The molecule has 3 N–H and O–H groups in total. The summed E-state index contributed by atoms with van der Waals surface area (Å²) in [5.41, 5.74) is 6.50. The fourth-order valence-electron chi connectivity index (χ4n) is 2.95. The van der Waals surface area contributed by atoms with Crippen LogP contribution >= 0.6 is 24.0 Å². The van der Waals surface area contributed by atoms with Gasteiger partial charge in [0.2, 0.25) is 5.91 Å². The van der Waals surface area contributed by atoms with E-state index >= 15 is 0 Å². The zero-order chi connectivity index (χ0) is 16.7. The first-order valence-electron chi connectivity index (χ1n) is 8.17. The quantitative estimate of drug-likeness (QED) is 0.768. The fraction of sp³-hybridized carbons (Fsp3) is 0.588. The second kappa shape index (κ2) is 10.8. The topological polar surface area (TPSA) is 67.6 Å².